The fraction of sp³-hybridized carbons (Fsp3) is 0.400. The average Bonchev–Trinajstić information content (AvgIpc) is 2.60. The highest BCUT2D eigenvalue weighted by atomic mass is 32.2. The molecule has 0 bridgehead atoms. The fourth-order valence-electron chi connectivity index (χ4n) is 2.47. The molecule has 0 aliphatic rings. The summed E-state index contributed by atoms with van der Waals surface area (Å²) < 4.78 is 38.2. The topological polar surface area (TPSA) is 64.6 Å². The standard InChI is InChI=1S/C20H27NO4S/c1-4-24-18-11-13-20(14-12-18)26(22,23)21-15-5-6-17-7-9-19(10-8-17)25-16(2)3/h7-14,16,21H,4-6,15H2,1-3H3. The normalized spacial score (nSPS) is 11.5. The third kappa shape index (κ3) is 6.35. The van der Waals surface area contributed by atoms with Gasteiger partial charge in [0.25, 0.3) is 0 Å². The number of nitrogens with one attached hydrogen (secondary N) is 1. The van der Waals surface area contributed by atoms with Crippen LogP contribution in [0.15, 0.2) is 53.4 Å². The van der Waals surface area contributed by atoms with Crippen molar-refractivity contribution < 1.29 is 17.9 Å². The van der Waals surface area contributed by atoms with Gasteiger partial charge < -0.3 is 9.47 Å². The Kier molecular flexibility index (Phi) is 7.48. The lowest BCUT2D eigenvalue weighted by molar-refractivity contribution is 0.242. The summed E-state index contributed by atoms with van der Waals surface area (Å²) in [5, 5.41) is 0. The maximum Gasteiger partial charge on any atom is 0.240 e. The summed E-state index contributed by atoms with van der Waals surface area (Å²) in [7, 11) is -3.49. The van der Waals surface area contributed by atoms with Crippen LogP contribution in [0.2, 0.25) is 0 Å². The van der Waals surface area contributed by atoms with Crippen molar-refractivity contribution in [2.24, 2.45) is 0 Å². The molecular formula is C20H27NO4S. The van der Waals surface area contributed by atoms with Crippen LogP contribution in [-0.4, -0.2) is 27.7 Å². The molecule has 0 amide bonds. The van der Waals surface area contributed by atoms with E-state index in [1.54, 1.807) is 24.3 Å². The van der Waals surface area contributed by atoms with Crippen LogP contribution < -0.4 is 14.2 Å². The van der Waals surface area contributed by atoms with Gasteiger partial charge >= 0.3 is 0 Å². The minimum absolute atomic E-state index is 0.151. The lowest BCUT2D eigenvalue weighted by Gasteiger charge is -2.10. The van der Waals surface area contributed by atoms with Gasteiger partial charge in [-0.05, 0) is 75.6 Å². The summed E-state index contributed by atoms with van der Waals surface area (Å²) in [5.74, 6) is 1.51. The first kappa shape index (κ1) is 20.3. The molecule has 0 heterocycles. The number of ether oxygens (including phenoxy) is 2. The summed E-state index contributed by atoms with van der Waals surface area (Å²) in [5.41, 5.74) is 1.15. The van der Waals surface area contributed by atoms with Crippen LogP contribution >= 0.6 is 0 Å². The van der Waals surface area contributed by atoms with Gasteiger partial charge in [-0.3, -0.25) is 0 Å². The minimum atomic E-state index is -3.49. The number of hydrogen-bond acceptors (Lipinski definition) is 4. The number of aryl methyl sites for hydroxylation is 1. The van der Waals surface area contributed by atoms with Crippen molar-refractivity contribution in [3.63, 3.8) is 0 Å². The van der Waals surface area contributed by atoms with E-state index in [-0.39, 0.29) is 11.0 Å². The van der Waals surface area contributed by atoms with Gasteiger partial charge in [-0.1, -0.05) is 12.1 Å². The molecule has 0 radical (unpaired) electrons. The summed E-state index contributed by atoms with van der Waals surface area (Å²) in [6, 6.07) is 14.4. The van der Waals surface area contributed by atoms with Gasteiger partial charge in [0.15, 0.2) is 0 Å². The second-order valence-corrected chi connectivity index (χ2v) is 7.98. The van der Waals surface area contributed by atoms with Crippen LogP contribution in [0.5, 0.6) is 11.5 Å². The first-order chi connectivity index (χ1) is 12.4. The Balaban J connectivity index is 1.81. The van der Waals surface area contributed by atoms with E-state index in [2.05, 4.69) is 4.72 Å². The van der Waals surface area contributed by atoms with Gasteiger partial charge in [-0.25, -0.2) is 13.1 Å². The lowest BCUT2D eigenvalue weighted by Crippen LogP contribution is -2.25. The van der Waals surface area contributed by atoms with Gasteiger partial charge in [0.1, 0.15) is 11.5 Å². The summed E-state index contributed by atoms with van der Waals surface area (Å²) in [6.45, 7) is 6.81. The highest BCUT2D eigenvalue weighted by molar-refractivity contribution is 7.89. The fourth-order valence-corrected chi connectivity index (χ4v) is 3.55. The first-order valence-corrected chi connectivity index (χ1v) is 10.4. The molecule has 142 valence electrons. The molecule has 0 saturated heterocycles. The van der Waals surface area contributed by atoms with E-state index in [9.17, 15) is 8.42 Å². The van der Waals surface area contributed by atoms with Gasteiger partial charge in [0.2, 0.25) is 10.0 Å². The quantitative estimate of drug-likeness (QED) is 0.640. The second-order valence-electron chi connectivity index (χ2n) is 6.22. The Hall–Kier alpha value is -2.05. The van der Waals surface area contributed by atoms with Gasteiger partial charge in [-0.15, -0.1) is 0 Å². The molecule has 0 aliphatic carbocycles. The van der Waals surface area contributed by atoms with Crippen molar-refractivity contribution in [2.75, 3.05) is 13.2 Å². The van der Waals surface area contributed by atoms with E-state index in [0.717, 1.165) is 24.2 Å². The Bertz CT molecular complexity index is 768. The van der Waals surface area contributed by atoms with E-state index in [4.69, 9.17) is 9.47 Å². The molecule has 0 atom stereocenters. The van der Waals surface area contributed by atoms with Gasteiger partial charge in [0, 0.05) is 6.54 Å². The third-order valence-corrected chi connectivity index (χ3v) is 5.15. The summed E-state index contributed by atoms with van der Waals surface area (Å²) in [4.78, 5) is 0.246. The van der Waals surface area contributed by atoms with E-state index in [0.29, 0.717) is 18.9 Å². The van der Waals surface area contributed by atoms with Gasteiger partial charge in [0.05, 0.1) is 17.6 Å². The van der Waals surface area contributed by atoms with Crippen molar-refractivity contribution >= 4 is 10.0 Å². The van der Waals surface area contributed by atoms with Crippen LogP contribution in [0.4, 0.5) is 0 Å². The molecule has 0 unspecified atom stereocenters. The third-order valence-electron chi connectivity index (χ3n) is 3.67. The molecule has 0 spiro atoms. The zero-order valence-corrected chi connectivity index (χ0v) is 16.4. The number of benzene rings is 2. The lowest BCUT2D eigenvalue weighted by atomic mass is 10.1. The van der Waals surface area contributed by atoms with Crippen LogP contribution in [0, 0.1) is 0 Å². The minimum Gasteiger partial charge on any atom is -0.494 e. The molecule has 0 fully saturated rings. The van der Waals surface area contributed by atoms with E-state index >= 15 is 0 Å². The summed E-state index contributed by atoms with van der Waals surface area (Å²) in [6.07, 6.45) is 1.67. The Morgan fingerprint density at radius 2 is 1.58 bits per heavy atom. The Morgan fingerprint density at radius 1 is 0.962 bits per heavy atom. The summed E-state index contributed by atoms with van der Waals surface area (Å²) >= 11 is 0. The molecular weight excluding hydrogens is 350 g/mol. The zero-order valence-electron chi connectivity index (χ0n) is 15.6. The van der Waals surface area contributed by atoms with Gasteiger partial charge in [-0.2, -0.15) is 0 Å². The SMILES string of the molecule is CCOc1ccc(S(=O)(=O)NCCCc2ccc(OC(C)C)cc2)cc1. The number of sulfonamides is 1. The number of hydrogen-bond donors (Lipinski definition) is 1. The molecule has 5 nitrogen and oxygen atoms in total. The van der Waals surface area contributed by atoms with E-state index < -0.39 is 10.0 Å². The molecule has 6 heteroatoms. The highest BCUT2D eigenvalue weighted by Crippen LogP contribution is 2.17. The highest BCUT2D eigenvalue weighted by Gasteiger charge is 2.13. The van der Waals surface area contributed by atoms with Crippen molar-refractivity contribution in [3.8, 4) is 11.5 Å². The predicted molar refractivity (Wildman–Crippen MR) is 103 cm³/mol. The predicted octanol–water partition coefficient (Wildman–Crippen LogP) is 3.78. The largest absolute Gasteiger partial charge is 0.494 e. The smallest absolute Gasteiger partial charge is 0.240 e. The molecule has 0 saturated carbocycles. The molecule has 2 rings (SSSR count). The molecule has 2 aromatic carbocycles. The van der Waals surface area contributed by atoms with Crippen LogP contribution in [0.1, 0.15) is 32.8 Å². The second kappa shape index (κ2) is 9.59. The zero-order chi connectivity index (χ0) is 19.0. The van der Waals surface area contributed by atoms with Crippen LogP contribution in [0.25, 0.3) is 0 Å². The Labute approximate surface area is 156 Å². The molecule has 0 aromatic heterocycles. The van der Waals surface area contributed by atoms with Crippen molar-refractivity contribution in [1.29, 1.82) is 0 Å². The molecule has 2 aromatic rings. The molecule has 1 N–H and O–H groups in total. The van der Waals surface area contributed by atoms with Crippen LogP contribution in [0.3, 0.4) is 0 Å². The van der Waals surface area contributed by atoms with E-state index in [1.165, 1.54) is 0 Å². The maximum atomic E-state index is 12.3. The van der Waals surface area contributed by atoms with Crippen molar-refractivity contribution in [3.05, 3.63) is 54.1 Å². The van der Waals surface area contributed by atoms with E-state index in [1.807, 2.05) is 45.0 Å². The average molecular weight is 378 g/mol. The maximum absolute atomic E-state index is 12.3. The number of rotatable bonds is 10. The van der Waals surface area contributed by atoms with Crippen molar-refractivity contribution in [2.45, 2.75) is 44.6 Å². The Morgan fingerprint density at radius 3 is 2.15 bits per heavy atom. The van der Waals surface area contributed by atoms with Crippen LogP contribution in [-0.2, 0) is 16.4 Å². The van der Waals surface area contributed by atoms with Crippen molar-refractivity contribution in [1.82, 2.24) is 4.72 Å². The molecule has 0 aliphatic heterocycles. The monoisotopic (exact) mass is 377 g/mol. The molecule has 26 heavy (non-hydrogen) atoms. The first-order valence-electron chi connectivity index (χ1n) is 8.89.